The highest BCUT2D eigenvalue weighted by atomic mass is 16.5. The van der Waals surface area contributed by atoms with Gasteiger partial charge < -0.3 is 20.7 Å². The first kappa shape index (κ1) is 18.9. The second kappa shape index (κ2) is 8.22. The van der Waals surface area contributed by atoms with Crippen LogP contribution in [0.3, 0.4) is 0 Å². The summed E-state index contributed by atoms with van der Waals surface area (Å²) in [4.78, 5) is 26.0. The van der Waals surface area contributed by atoms with Crippen LogP contribution in [0.1, 0.15) is 46.4 Å². The van der Waals surface area contributed by atoms with Gasteiger partial charge in [-0.15, -0.1) is 0 Å². The van der Waals surface area contributed by atoms with Crippen LogP contribution in [0.15, 0.2) is 48.5 Å². The van der Waals surface area contributed by atoms with E-state index in [0.29, 0.717) is 18.7 Å². The highest BCUT2D eigenvalue weighted by Crippen LogP contribution is 2.38. The number of primary amides is 1. The van der Waals surface area contributed by atoms with Crippen molar-refractivity contribution in [1.29, 1.82) is 0 Å². The van der Waals surface area contributed by atoms with E-state index >= 15 is 0 Å². The predicted molar refractivity (Wildman–Crippen MR) is 103 cm³/mol. The minimum atomic E-state index is -0.455. The number of carbonyl (C=O) groups excluding carboxylic acids is 2. The van der Waals surface area contributed by atoms with E-state index in [1.165, 1.54) is 0 Å². The fraction of sp³-hybridized carbons (Fsp3) is 0.333. The molecular formula is C21H25N3O3. The van der Waals surface area contributed by atoms with Crippen molar-refractivity contribution in [3.8, 4) is 0 Å². The number of amides is 3. The molecule has 2 unspecified atom stereocenters. The van der Waals surface area contributed by atoms with Crippen molar-refractivity contribution in [2.24, 2.45) is 5.73 Å². The Kier molecular flexibility index (Phi) is 5.76. The van der Waals surface area contributed by atoms with E-state index in [4.69, 9.17) is 10.5 Å². The molecule has 0 saturated carbocycles. The average molecular weight is 367 g/mol. The number of ether oxygens (including phenoxy) is 1. The number of hydrogen-bond acceptors (Lipinski definition) is 3. The van der Waals surface area contributed by atoms with Crippen molar-refractivity contribution in [3.05, 3.63) is 70.8 Å². The zero-order valence-corrected chi connectivity index (χ0v) is 15.6. The van der Waals surface area contributed by atoms with Crippen molar-refractivity contribution < 1.29 is 14.3 Å². The standard InChI is InChI=1S/C21H25N3O3/c1-3-17(13-27-2)23-20(25)15-10-8-14(9-11-15)19-18-7-5-4-6-16(18)12-24(19)21(22)26/h4-11,17,19H,3,12-13H2,1-2H3,(H2,22,26)(H,23,25). The van der Waals surface area contributed by atoms with Crippen LogP contribution in [-0.2, 0) is 11.3 Å². The Bertz CT molecular complexity index is 820. The van der Waals surface area contributed by atoms with Gasteiger partial charge in [0.15, 0.2) is 0 Å². The largest absolute Gasteiger partial charge is 0.383 e. The lowest BCUT2D eigenvalue weighted by molar-refractivity contribution is 0.0894. The molecule has 3 rings (SSSR count). The molecule has 0 aromatic heterocycles. The molecule has 2 aromatic carbocycles. The average Bonchev–Trinajstić information content (AvgIpc) is 3.07. The van der Waals surface area contributed by atoms with Gasteiger partial charge in [0.05, 0.1) is 18.7 Å². The SMILES string of the molecule is CCC(COC)NC(=O)c1ccc(C2c3ccccc3CN2C(N)=O)cc1. The molecule has 6 nitrogen and oxygen atoms in total. The van der Waals surface area contributed by atoms with Gasteiger partial charge in [-0.25, -0.2) is 4.79 Å². The summed E-state index contributed by atoms with van der Waals surface area (Å²) in [7, 11) is 1.62. The maximum atomic E-state index is 12.4. The summed E-state index contributed by atoms with van der Waals surface area (Å²) >= 11 is 0. The molecule has 2 atom stereocenters. The fourth-order valence-electron chi connectivity index (χ4n) is 3.50. The van der Waals surface area contributed by atoms with Crippen LogP contribution in [0.5, 0.6) is 0 Å². The third-order valence-corrected chi connectivity index (χ3v) is 4.97. The van der Waals surface area contributed by atoms with Crippen LogP contribution in [0, 0.1) is 0 Å². The number of hydrogen-bond donors (Lipinski definition) is 2. The molecular weight excluding hydrogens is 342 g/mol. The molecule has 1 aliphatic rings. The van der Waals surface area contributed by atoms with Gasteiger partial charge in [-0.3, -0.25) is 4.79 Å². The minimum Gasteiger partial charge on any atom is -0.383 e. The molecule has 1 aliphatic heterocycles. The number of methoxy groups -OCH3 is 1. The number of nitrogens with zero attached hydrogens (tertiary/aromatic N) is 1. The third kappa shape index (κ3) is 3.95. The molecule has 6 heteroatoms. The molecule has 0 saturated heterocycles. The molecule has 3 amide bonds. The smallest absolute Gasteiger partial charge is 0.315 e. The van der Waals surface area contributed by atoms with E-state index in [2.05, 4.69) is 5.32 Å². The van der Waals surface area contributed by atoms with Crippen LogP contribution in [0.4, 0.5) is 4.79 Å². The number of carbonyl (C=O) groups is 2. The highest BCUT2D eigenvalue weighted by molar-refractivity contribution is 5.94. The maximum Gasteiger partial charge on any atom is 0.315 e. The van der Waals surface area contributed by atoms with Gasteiger partial charge >= 0.3 is 6.03 Å². The maximum absolute atomic E-state index is 12.4. The predicted octanol–water partition coefficient (Wildman–Crippen LogP) is 2.83. The van der Waals surface area contributed by atoms with Crippen LogP contribution in [-0.4, -0.2) is 36.6 Å². The highest BCUT2D eigenvalue weighted by Gasteiger charge is 2.33. The monoisotopic (exact) mass is 367 g/mol. The van der Waals surface area contributed by atoms with Crippen LogP contribution < -0.4 is 11.1 Å². The fourth-order valence-corrected chi connectivity index (χ4v) is 3.50. The van der Waals surface area contributed by atoms with Gasteiger partial charge in [-0.05, 0) is 35.2 Å². The molecule has 2 aromatic rings. The van der Waals surface area contributed by atoms with Gasteiger partial charge in [0.2, 0.25) is 0 Å². The van der Waals surface area contributed by atoms with Crippen molar-refractivity contribution in [2.75, 3.05) is 13.7 Å². The van der Waals surface area contributed by atoms with Crippen molar-refractivity contribution in [1.82, 2.24) is 10.2 Å². The topological polar surface area (TPSA) is 84.7 Å². The Hall–Kier alpha value is -2.86. The number of urea groups is 1. The minimum absolute atomic E-state index is 0.0192. The van der Waals surface area contributed by atoms with E-state index in [0.717, 1.165) is 23.1 Å². The van der Waals surface area contributed by atoms with Crippen molar-refractivity contribution in [3.63, 3.8) is 0 Å². The Morgan fingerprint density at radius 1 is 1.22 bits per heavy atom. The molecule has 0 radical (unpaired) electrons. The van der Waals surface area contributed by atoms with Gasteiger partial charge in [0, 0.05) is 19.2 Å². The Morgan fingerprint density at radius 2 is 1.93 bits per heavy atom. The summed E-state index contributed by atoms with van der Waals surface area (Å²) in [6.45, 7) is 2.98. The number of rotatable bonds is 6. The van der Waals surface area contributed by atoms with Crippen LogP contribution >= 0.6 is 0 Å². The van der Waals surface area contributed by atoms with Crippen LogP contribution in [0.25, 0.3) is 0 Å². The van der Waals surface area contributed by atoms with Crippen molar-refractivity contribution in [2.45, 2.75) is 32.0 Å². The molecule has 1 heterocycles. The molecule has 0 aliphatic carbocycles. The van der Waals surface area contributed by atoms with Gasteiger partial charge in [-0.1, -0.05) is 43.3 Å². The van der Waals surface area contributed by atoms with Gasteiger partial charge in [0.1, 0.15) is 0 Å². The first-order valence-electron chi connectivity index (χ1n) is 9.08. The van der Waals surface area contributed by atoms with Crippen LogP contribution in [0.2, 0.25) is 0 Å². The summed E-state index contributed by atoms with van der Waals surface area (Å²) in [5, 5.41) is 2.97. The van der Waals surface area contributed by atoms with E-state index in [-0.39, 0.29) is 18.0 Å². The molecule has 27 heavy (non-hydrogen) atoms. The Labute approximate surface area is 159 Å². The van der Waals surface area contributed by atoms with E-state index in [1.807, 2.05) is 43.3 Å². The van der Waals surface area contributed by atoms with Gasteiger partial charge in [0.25, 0.3) is 5.91 Å². The zero-order chi connectivity index (χ0) is 19.4. The Morgan fingerprint density at radius 3 is 2.56 bits per heavy atom. The lowest BCUT2D eigenvalue weighted by Crippen LogP contribution is -2.37. The quantitative estimate of drug-likeness (QED) is 0.823. The third-order valence-electron chi connectivity index (χ3n) is 4.97. The Balaban J connectivity index is 1.82. The summed E-state index contributed by atoms with van der Waals surface area (Å²) in [5.41, 5.74) is 9.26. The normalized spacial score (nSPS) is 16.7. The molecule has 0 fully saturated rings. The first-order valence-corrected chi connectivity index (χ1v) is 9.08. The van der Waals surface area contributed by atoms with E-state index < -0.39 is 6.03 Å². The second-order valence-electron chi connectivity index (χ2n) is 6.72. The zero-order valence-electron chi connectivity index (χ0n) is 15.6. The number of nitrogens with two attached hydrogens (primary N) is 1. The van der Waals surface area contributed by atoms with Gasteiger partial charge in [-0.2, -0.15) is 0 Å². The number of fused-ring (bicyclic) bond motifs is 1. The molecule has 0 bridgehead atoms. The second-order valence-corrected chi connectivity index (χ2v) is 6.72. The lowest BCUT2D eigenvalue weighted by atomic mass is 9.97. The summed E-state index contributed by atoms with van der Waals surface area (Å²) in [5.74, 6) is -0.135. The summed E-state index contributed by atoms with van der Waals surface area (Å²) in [6, 6.07) is 14.6. The molecule has 142 valence electrons. The van der Waals surface area contributed by atoms with E-state index in [9.17, 15) is 9.59 Å². The van der Waals surface area contributed by atoms with Crippen molar-refractivity contribution >= 4 is 11.9 Å². The summed E-state index contributed by atoms with van der Waals surface area (Å²) < 4.78 is 5.12. The molecule has 3 N–H and O–H groups in total. The lowest BCUT2D eigenvalue weighted by Gasteiger charge is -2.24. The first-order chi connectivity index (χ1) is 13.0. The van der Waals surface area contributed by atoms with E-state index in [1.54, 1.807) is 24.1 Å². The number of benzene rings is 2. The number of nitrogens with one attached hydrogen (secondary N) is 1. The summed E-state index contributed by atoms with van der Waals surface area (Å²) in [6.07, 6.45) is 0.796. The molecule has 0 spiro atoms.